The van der Waals surface area contributed by atoms with Gasteiger partial charge in [-0.15, -0.1) is 0 Å². The molecule has 1 aromatic carbocycles. The van der Waals surface area contributed by atoms with Crippen LogP contribution in [0, 0.1) is 10.1 Å². The molecule has 186 valence electrons. The highest BCUT2D eigenvalue weighted by molar-refractivity contribution is 5.99. The van der Waals surface area contributed by atoms with Gasteiger partial charge in [-0.25, -0.2) is 0 Å². The zero-order chi connectivity index (χ0) is 25.2. The van der Waals surface area contributed by atoms with Crippen molar-refractivity contribution in [1.82, 2.24) is 5.32 Å². The maximum atomic E-state index is 12.0. The molecular formula is C19H27N7O8. The number of rotatable bonds is 18. The van der Waals surface area contributed by atoms with Crippen LogP contribution in [0.15, 0.2) is 17.2 Å². The van der Waals surface area contributed by atoms with Crippen LogP contribution in [-0.2, 0) is 19.0 Å². The Morgan fingerprint density at radius 1 is 1.09 bits per heavy atom. The average molecular weight is 481 g/mol. The Labute approximate surface area is 195 Å². The van der Waals surface area contributed by atoms with Crippen LogP contribution in [0.4, 0.5) is 5.69 Å². The van der Waals surface area contributed by atoms with Gasteiger partial charge in [0.05, 0.1) is 57.7 Å². The lowest BCUT2D eigenvalue weighted by Gasteiger charge is -2.12. The van der Waals surface area contributed by atoms with Gasteiger partial charge in [0.25, 0.3) is 11.6 Å². The van der Waals surface area contributed by atoms with Gasteiger partial charge in [-0.1, -0.05) is 5.11 Å². The van der Waals surface area contributed by atoms with Crippen LogP contribution in [-0.4, -0.2) is 87.8 Å². The Bertz CT molecular complexity index is 914. The number of nitrogens with zero attached hydrogens (tertiary/aromatic N) is 6. The first kappa shape index (κ1) is 28.3. The molecule has 0 radical (unpaired) electrons. The van der Waals surface area contributed by atoms with Gasteiger partial charge in [0.2, 0.25) is 0 Å². The molecule has 1 amide bonds. The predicted molar refractivity (Wildman–Crippen MR) is 118 cm³/mol. The lowest BCUT2D eigenvalue weighted by molar-refractivity contribution is -0.385. The van der Waals surface area contributed by atoms with E-state index in [1.807, 2.05) is 0 Å². The summed E-state index contributed by atoms with van der Waals surface area (Å²) in [5, 5.41) is 17.3. The van der Waals surface area contributed by atoms with Gasteiger partial charge in [-0.05, 0) is 5.53 Å². The summed E-state index contributed by atoms with van der Waals surface area (Å²) in [6.45, 7) is 3.52. The van der Waals surface area contributed by atoms with Crippen molar-refractivity contribution in [3.05, 3.63) is 43.8 Å². The third kappa shape index (κ3) is 10.7. The van der Waals surface area contributed by atoms with Crippen molar-refractivity contribution in [3.63, 3.8) is 0 Å². The molecule has 0 spiro atoms. The second kappa shape index (κ2) is 16.8. The van der Waals surface area contributed by atoms with E-state index in [4.69, 9.17) is 34.7 Å². The van der Waals surface area contributed by atoms with Crippen molar-refractivity contribution in [2.75, 3.05) is 66.4 Å². The molecule has 0 atom stereocenters. The lowest BCUT2D eigenvalue weighted by atomic mass is 10.1. The number of azide groups is 1. The molecule has 1 N–H and O–H groups in total. The highest BCUT2D eigenvalue weighted by Crippen LogP contribution is 2.34. The molecule has 0 saturated heterocycles. The number of benzene rings is 1. The fraction of sp³-hybridized carbons (Fsp3) is 0.579. The average Bonchev–Trinajstić information content (AvgIpc) is 2.84. The molecule has 1 aromatic rings. The number of nitrogens with one attached hydrogen (secondary N) is 1. The summed E-state index contributed by atoms with van der Waals surface area (Å²) in [4.78, 5) is 28.2. The summed E-state index contributed by atoms with van der Waals surface area (Å²) in [6.07, 6.45) is 0. The standard InChI is InChI=1S/C19H27N7O8/c1-14(24-20)15-11-17(30-2)18(12-16(15)26(28)29)34-13-19(27)22-3-5-31-7-9-33-10-8-32-6-4-23-25-21/h11-12H,3-10,13H2,1-2H3,(H,22,27). The third-order valence-electron chi connectivity index (χ3n) is 4.09. The summed E-state index contributed by atoms with van der Waals surface area (Å²) < 4.78 is 26.3. The van der Waals surface area contributed by atoms with E-state index in [2.05, 4.69) is 20.1 Å². The van der Waals surface area contributed by atoms with Crippen molar-refractivity contribution in [2.45, 2.75) is 6.92 Å². The minimum absolute atomic E-state index is 0.00555. The maximum Gasteiger partial charge on any atom is 0.303 e. The van der Waals surface area contributed by atoms with Gasteiger partial charge in [-0.2, -0.15) is 4.79 Å². The normalized spacial score (nSPS) is 10.1. The van der Waals surface area contributed by atoms with Crippen LogP contribution in [0.1, 0.15) is 12.5 Å². The molecule has 0 fully saturated rings. The van der Waals surface area contributed by atoms with Gasteiger partial charge < -0.3 is 34.5 Å². The van der Waals surface area contributed by atoms with E-state index < -0.39 is 17.4 Å². The van der Waals surface area contributed by atoms with E-state index in [0.717, 1.165) is 6.07 Å². The SMILES string of the molecule is COc1cc(C(C)=[N+]=[N-])c([N+](=O)[O-])cc1OCC(=O)NCCOCCOCCOCCN=[N+]=[N-]. The molecule has 0 aromatic heterocycles. The zero-order valence-electron chi connectivity index (χ0n) is 19.0. The molecule has 0 bridgehead atoms. The molecule has 15 heteroatoms. The molecule has 15 nitrogen and oxygen atoms in total. The molecule has 0 saturated carbocycles. The van der Waals surface area contributed by atoms with E-state index in [9.17, 15) is 14.9 Å². The Morgan fingerprint density at radius 2 is 1.74 bits per heavy atom. The van der Waals surface area contributed by atoms with Gasteiger partial charge in [0.1, 0.15) is 5.56 Å². The number of amides is 1. The second-order valence-corrected chi connectivity index (χ2v) is 6.39. The lowest BCUT2D eigenvalue weighted by Crippen LogP contribution is -2.32. The number of hydrogen-bond donors (Lipinski definition) is 1. The van der Waals surface area contributed by atoms with E-state index >= 15 is 0 Å². The third-order valence-corrected chi connectivity index (χ3v) is 4.09. The molecule has 0 aliphatic heterocycles. The van der Waals surface area contributed by atoms with E-state index in [1.54, 1.807) is 0 Å². The summed E-state index contributed by atoms with van der Waals surface area (Å²) in [5.74, 6) is -0.325. The van der Waals surface area contributed by atoms with Gasteiger partial charge in [0, 0.05) is 31.0 Å². The van der Waals surface area contributed by atoms with Crippen molar-refractivity contribution < 1.29 is 38.2 Å². The van der Waals surface area contributed by atoms with Crippen LogP contribution in [0.5, 0.6) is 11.5 Å². The van der Waals surface area contributed by atoms with E-state index in [1.165, 1.54) is 20.1 Å². The molecule has 1 rings (SSSR count). The van der Waals surface area contributed by atoms with Gasteiger partial charge in [0.15, 0.2) is 18.1 Å². The summed E-state index contributed by atoms with van der Waals surface area (Å²) in [5.41, 5.74) is 16.8. The summed E-state index contributed by atoms with van der Waals surface area (Å²) in [6, 6.07) is 2.40. The van der Waals surface area contributed by atoms with Crippen LogP contribution in [0.3, 0.4) is 0 Å². The number of ether oxygens (including phenoxy) is 5. The molecule has 0 aliphatic carbocycles. The first-order chi connectivity index (χ1) is 16.4. The molecule has 0 heterocycles. The maximum absolute atomic E-state index is 12.0. The Kier molecular flexibility index (Phi) is 14.0. The van der Waals surface area contributed by atoms with Crippen LogP contribution >= 0.6 is 0 Å². The number of carbonyl (C=O) groups excluding carboxylic acids is 1. The van der Waals surface area contributed by atoms with Crippen molar-refractivity contribution >= 4 is 17.3 Å². The molecule has 0 aliphatic rings. The second-order valence-electron chi connectivity index (χ2n) is 6.39. The number of carbonyl (C=O) groups is 1. The zero-order valence-corrected chi connectivity index (χ0v) is 19.0. The summed E-state index contributed by atoms with van der Waals surface area (Å²) >= 11 is 0. The van der Waals surface area contributed by atoms with Crippen LogP contribution in [0.25, 0.3) is 16.0 Å². The largest absolute Gasteiger partial charge is 0.493 e. The quantitative estimate of drug-likeness (QED) is 0.0617. The Balaban J connectivity index is 2.31. The monoisotopic (exact) mass is 481 g/mol. The highest BCUT2D eigenvalue weighted by Gasteiger charge is 2.25. The van der Waals surface area contributed by atoms with Crippen LogP contribution < -0.4 is 14.8 Å². The predicted octanol–water partition coefficient (Wildman–Crippen LogP) is 1.50. The molecular weight excluding hydrogens is 454 g/mol. The fourth-order valence-corrected chi connectivity index (χ4v) is 2.47. The fourth-order valence-electron chi connectivity index (χ4n) is 2.47. The molecule has 0 unspecified atom stereocenters. The first-order valence-electron chi connectivity index (χ1n) is 10.1. The Hall–Kier alpha value is -3.74. The van der Waals surface area contributed by atoms with Gasteiger partial charge in [-0.3, -0.25) is 14.9 Å². The minimum Gasteiger partial charge on any atom is -0.493 e. The van der Waals surface area contributed by atoms with E-state index in [-0.39, 0.29) is 48.2 Å². The van der Waals surface area contributed by atoms with Crippen molar-refractivity contribution in [2.24, 2.45) is 5.11 Å². The topological polar surface area (TPSA) is 204 Å². The van der Waals surface area contributed by atoms with E-state index in [0.29, 0.717) is 33.0 Å². The van der Waals surface area contributed by atoms with Gasteiger partial charge >= 0.3 is 5.71 Å². The minimum atomic E-state index is -0.656. The van der Waals surface area contributed by atoms with Crippen LogP contribution in [0.2, 0.25) is 0 Å². The summed E-state index contributed by atoms with van der Waals surface area (Å²) in [7, 11) is 1.34. The van der Waals surface area contributed by atoms with Crippen molar-refractivity contribution in [1.29, 1.82) is 0 Å². The molecule has 34 heavy (non-hydrogen) atoms. The van der Waals surface area contributed by atoms with Crippen molar-refractivity contribution in [3.8, 4) is 11.5 Å². The number of methoxy groups -OCH3 is 1. The first-order valence-corrected chi connectivity index (χ1v) is 10.1. The number of hydrogen-bond acceptors (Lipinski definition) is 9. The smallest absolute Gasteiger partial charge is 0.303 e. The Morgan fingerprint density at radius 3 is 2.32 bits per heavy atom. The highest BCUT2D eigenvalue weighted by atomic mass is 16.6. The number of nitro groups is 1. The number of nitro benzene ring substituents is 1.